The van der Waals surface area contributed by atoms with Crippen LogP contribution in [0.4, 0.5) is 0 Å². The lowest BCUT2D eigenvalue weighted by Gasteiger charge is -2.35. The second kappa shape index (κ2) is 5.47. The lowest BCUT2D eigenvalue weighted by atomic mass is 9.89. The van der Waals surface area contributed by atoms with Gasteiger partial charge in [-0.3, -0.25) is 4.79 Å². The van der Waals surface area contributed by atoms with Gasteiger partial charge in [0.1, 0.15) is 0 Å². The molecule has 4 heteroatoms. The van der Waals surface area contributed by atoms with Crippen LogP contribution in [0.25, 0.3) is 0 Å². The zero-order valence-corrected chi connectivity index (χ0v) is 10.1. The zero-order chi connectivity index (χ0) is 11.4. The summed E-state index contributed by atoms with van der Waals surface area (Å²) in [4.78, 5) is 13.4. The van der Waals surface area contributed by atoms with Gasteiger partial charge in [0.05, 0.1) is 12.6 Å². The molecule has 0 aromatic rings. The average molecular weight is 214 g/mol. The molecule has 0 aliphatic heterocycles. The maximum absolute atomic E-state index is 11.6. The smallest absolute Gasteiger partial charge is 0.236 e. The van der Waals surface area contributed by atoms with E-state index < -0.39 is 0 Å². The molecule has 1 amide bonds. The van der Waals surface area contributed by atoms with Crippen molar-refractivity contribution in [3.8, 4) is 0 Å². The van der Waals surface area contributed by atoms with E-state index in [1.165, 1.54) is 0 Å². The highest BCUT2D eigenvalue weighted by Crippen LogP contribution is 2.22. The van der Waals surface area contributed by atoms with Crippen LogP contribution in [0.2, 0.25) is 0 Å². The van der Waals surface area contributed by atoms with Crippen LogP contribution in [0.1, 0.15) is 26.7 Å². The molecule has 0 saturated heterocycles. The van der Waals surface area contributed by atoms with E-state index in [-0.39, 0.29) is 11.9 Å². The first-order valence-electron chi connectivity index (χ1n) is 5.56. The number of amides is 1. The van der Waals surface area contributed by atoms with Crippen molar-refractivity contribution in [1.29, 1.82) is 0 Å². The van der Waals surface area contributed by atoms with Gasteiger partial charge in [0.25, 0.3) is 0 Å². The fourth-order valence-corrected chi connectivity index (χ4v) is 1.57. The van der Waals surface area contributed by atoms with Crippen LogP contribution < -0.4 is 5.32 Å². The molecule has 1 rings (SSSR count). The predicted octanol–water partition coefficient (Wildman–Crippen LogP) is 0.620. The Hall–Kier alpha value is -0.610. The molecular formula is C11H22N2O2. The Morgan fingerprint density at radius 2 is 2.13 bits per heavy atom. The van der Waals surface area contributed by atoms with Crippen LogP contribution in [0.15, 0.2) is 0 Å². The number of ether oxygens (including phenoxy) is 1. The molecule has 1 N–H and O–H groups in total. The number of methoxy groups -OCH3 is 1. The molecule has 1 aliphatic rings. The van der Waals surface area contributed by atoms with Crippen LogP contribution in [-0.4, -0.2) is 49.7 Å². The summed E-state index contributed by atoms with van der Waals surface area (Å²) in [5.41, 5.74) is 0. The van der Waals surface area contributed by atoms with E-state index in [2.05, 4.69) is 5.32 Å². The number of hydrogen-bond acceptors (Lipinski definition) is 3. The Bertz CT molecular complexity index is 213. The number of nitrogens with one attached hydrogen (secondary N) is 1. The summed E-state index contributed by atoms with van der Waals surface area (Å²) < 4.78 is 5.17. The third-order valence-electron chi connectivity index (χ3n) is 3.14. The molecular weight excluding hydrogens is 192 g/mol. The molecule has 88 valence electrons. The first kappa shape index (κ1) is 12.5. The van der Waals surface area contributed by atoms with Crippen molar-refractivity contribution in [2.75, 3.05) is 20.7 Å². The van der Waals surface area contributed by atoms with Gasteiger partial charge in [-0.25, -0.2) is 0 Å². The van der Waals surface area contributed by atoms with Crippen molar-refractivity contribution in [2.24, 2.45) is 0 Å². The Morgan fingerprint density at radius 1 is 1.53 bits per heavy atom. The molecule has 0 unspecified atom stereocenters. The molecule has 1 fully saturated rings. The summed E-state index contributed by atoms with van der Waals surface area (Å²) in [7, 11) is 3.58. The molecule has 0 spiro atoms. The van der Waals surface area contributed by atoms with Gasteiger partial charge in [-0.05, 0) is 26.7 Å². The topological polar surface area (TPSA) is 41.6 Å². The second-order valence-electron chi connectivity index (χ2n) is 4.51. The van der Waals surface area contributed by atoms with Gasteiger partial charge < -0.3 is 15.0 Å². The highest BCUT2D eigenvalue weighted by Gasteiger charge is 2.29. The third-order valence-corrected chi connectivity index (χ3v) is 3.14. The van der Waals surface area contributed by atoms with Gasteiger partial charge >= 0.3 is 0 Å². The van der Waals surface area contributed by atoms with E-state index in [9.17, 15) is 4.79 Å². The number of rotatable bonds is 5. The van der Waals surface area contributed by atoms with Gasteiger partial charge in [0.15, 0.2) is 0 Å². The summed E-state index contributed by atoms with van der Waals surface area (Å²) in [5, 5.41) is 3.25. The van der Waals surface area contributed by atoms with Crippen molar-refractivity contribution in [3.63, 3.8) is 0 Å². The molecule has 0 aromatic heterocycles. The first-order chi connectivity index (χ1) is 7.04. The van der Waals surface area contributed by atoms with Crippen molar-refractivity contribution < 1.29 is 9.53 Å². The van der Waals surface area contributed by atoms with Crippen LogP contribution in [0.3, 0.4) is 0 Å². The molecule has 0 bridgehead atoms. The summed E-state index contributed by atoms with van der Waals surface area (Å²) in [6.45, 7) is 4.47. The monoisotopic (exact) mass is 214 g/mol. The van der Waals surface area contributed by atoms with Crippen LogP contribution in [0.5, 0.6) is 0 Å². The van der Waals surface area contributed by atoms with E-state index in [1.54, 1.807) is 12.0 Å². The molecule has 0 aromatic carbocycles. The second-order valence-corrected chi connectivity index (χ2v) is 4.51. The number of hydrogen-bond donors (Lipinski definition) is 1. The number of carbonyl (C=O) groups excluding carboxylic acids is 1. The predicted molar refractivity (Wildman–Crippen MR) is 59.7 cm³/mol. The minimum atomic E-state index is 0.158. The summed E-state index contributed by atoms with van der Waals surface area (Å²) in [6.07, 6.45) is 2.44. The van der Waals surface area contributed by atoms with Gasteiger partial charge in [0, 0.05) is 26.2 Å². The normalized spacial score (nSPS) is 25.1. The fraction of sp³-hybridized carbons (Fsp3) is 0.909. The maximum Gasteiger partial charge on any atom is 0.236 e. The minimum Gasteiger partial charge on any atom is -0.381 e. The Labute approximate surface area is 92.0 Å². The summed E-state index contributed by atoms with van der Waals surface area (Å²) in [5.74, 6) is 0.158. The van der Waals surface area contributed by atoms with Crippen molar-refractivity contribution in [1.82, 2.24) is 10.2 Å². The van der Waals surface area contributed by atoms with Crippen molar-refractivity contribution in [2.45, 2.75) is 44.9 Å². The minimum absolute atomic E-state index is 0.158. The number of nitrogens with zero attached hydrogens (tertiary/aromatic N) is 1. The lowest BCUT2D eigenvalue weighted by Crippen LogP contribution is -2.49. The highest BCUT2D eigenvalue weighted by molar-refractivity contribution is 5.78. The van der Waals surface area contributed by atoms with E-state index in [0.717, 1.165) is 12.8 Å². The SMILES string of the molecule is COC1CC(NCC(=O)N(C)C(C)C)C1. The molecule has 4 nitrogen and oxygen atoms in total. The van der Waals surface area contributed by atoms with E-state index >= 15 is 0 Å². The van der Waals surface area contributed by atoms with Gasteiger partial charge in [-0.1, -0.05) is 0 Å². The first-order valence-corrected chi connectivity index (χ1v) is 5.56. The molecule has 0 heterocycles. The summed E-state index contributed by atoms with van der Waals surface area (Å²) in [6, 6.07) is 0.729. The molecule has 1 aliphatic carbocycles. The Balaban J connectivity index is 2.13. The zero-order valence-electron chi connectivity index (χ0n) is 10.1. The number of carbonyl (C=O) groups is 1. The van der Waals surface area contributed by atoms with E-state index in [0.29, 0.717) is 18.7 Å². The van der Waals surface area contributed by atoms with Gasteiger partial charge in [0.2, 0.25) is 5.91 Å². The van der Waals surface area contributed by atoms with E-state index in [1.807, 2.05) is 20.9 Å². The average Bonchev–Trinajstić information content (AvgIpc) is 2.14. The van der Waals surface area contributed by atoms with Crippen molar-refractivity contribution in [3.05, 3.63) is 0 Å². The summed E-state index contributed by atoms with van der Waals surface area (Å²) >= 11 is 0. The van der Waals surface area contributed by atoms with Gasteiger partial charge in [-0.15, -0.1) is 0 Å². The third kappa shape index (κ3) is 3.47. The fourth-order valence-electron chi connectivity index (χ4n) is 1.57. The van der Waals surface area contributed by atoms with Crippen LogP contribution in [-0.2, 0) is 9.53 Å². The molecule has 0 radical (unpaired) electrons. The highest BCUT2D eigenvalue weighted by atomic mass is 16.5. The molecule has 15 heavy (non-hydrogen) atoms. The van der Waals surface area contributed by atoms with E-state index in [4.69, 9.17) is 4.74 Å². The molecule has 0 atom stereocenters. The maximum atomic E-state index is 11.6. The number of likely N-dealkylation sites (N-methyl/N-ethyl adjacent to an activating group) is 1. The Morgan fingerprint density at radius 3 is 2.60 bits per heavy atom. The quantitative estimate of drug-likeness (QED) is 0.729. The van der Waals surface area contributed by atoms with Crippen molar-refractivity contribution >= 4 is 5.91 Å². The Kier molecular flexibility index (Phi) is 4.54. The molecule has 1 saturated carbocycles. The lowest BCUT2D eigenvalue weighted by molar-refractivity contribution is -0.130. The largest absolute Gasteiger partial charge is 0.381 e. The standard InChI is InChI=1S/C11H22N2O2/c1-8(2)13(3)11(14)7-12-9-5-10(6-9)15-4/h8-10,12H,5-7H2,1-4H3. The van der Waals surface area contributed by atoms with Gasteiger partial charge in [-0.2, -0.15) is 0 Å². The van der Waals surface area contributed by atoms with Crippen LogP contribution in [0, 0.1) is 0 Å². The van der Waals surface area contributed by atoms with Crippen LogP contribution >= 0.6 is 0 Å².